The molecule has 0 saturated carbocycles. The van der Waals surface area contributed by atoms with E-state index in [0.717, 1.165) is 16.8 Å². The fourth-order valence-electron chi connectivity index (χ4n) is 3.05. The number of benzene rings is 3. The quantitative estimate of drug-likeness (QED) is 0.753. The maximum Gasteiger partial charge on any atom is 0.238 e. The van der Waals surface area contributed by atoms with Crippen molar-refractivity contribution in [3.8, 4) is 5.75 Å². The molecule has 0 fully saturated rings. The van der Waals surface area contributed by atoms with Gasteiger partial charge in [0.05, 0.1) is 4.90 Å². The van der Waals surface area contributed by atoms with Gasteiger partial charge in [-0.1, -0.05) is 42.5 Å². The third-order valence-corrected chi connectivity index (χ3v) is 5.21. The van der Waals surface area contributed by atoms with Crippen molar-refractivity contribution >= 4 is 26.5 Å². The zero-order valence-electron chi connectivity index (χ0n) is 14.1. The first-order chi connectivity index (χ1) is 11.8. The molecule has 0 heterocycles. The summed E-state index contributed by atoms with van der Waals surface area (Å²) in [4.78, 5) is 2.03. The molecular formula is C19H20N2O3S. The first-order valence-corrected chi connectivity index (χ1v) is 9.35. The van der Waals surface area contributed by atoms with Crippen LogP contribution in [0.1, 0.15) is 11.1 Å². The van der Waals surface area contributed by atoms with Gasteiger partial charge in [-0.3, -0.25) is 0 Å². The molecule has 0 aliphatic rings. The van der Waals surface area contributed by atoms with Crippen LogP contribution < -0.4 is 10.0 Å². The van der Waals surface area contributed by atoms with Crippen molar-refractivity contribution in [3.63, 3.8) is 0 Å². The standard InChI is InChI=1S/C19H20N2O3S/c1-21(2)17-8-4-3-6-13(17)12-14-10-11-15-16(19(14)22)7-5-9-18(15)25(20,23)24/h3-11,22H,12H2,1-2H3,(H2,20,23,24). The molecule has 0 spiro atoms. The average molecular weight is 356 g/mol. The summed E-state index contributed by atoms with van der Waals surface area (Å²) in [5.74, 6) is 0.0801. The van der Waals surface area contributed by atoms with Crippen molar-refractivity contribution < 1.29 is 13.5 Å². The van der Waals surface area contributed by atoms with Gasteiger partial charge in [-0.25, -0.2) is 13.6 Å². The number of para-hydroxylation sites is 1. The zero-order valence-corrected chi connectivity index (χ0v) is 14.9. The predicted octanol–water partition coefficient (Wildman–Crippen LogP) is 2.85. The molecule has 0 radical (unpaired) electrons. The minimum atomic E-state index is -3.85. The lowest BCUT2D eigenvalue weighted by molar-refractivity contribution is 0.476. The Labute approximate surface area is 147 Å². The zero-order chi connectivity index (χ0) is 18.2. The van der Waals surface area contributed by atoms with Crippen molar-refractivity contribution in [3.05, 3.63) is 65.7 Å². The highest BCUT2D eigenvalue weighted by atomic mass is 32.2. The van der Waals surface area contributed by atoms with Crippen LogP contribution in [0.15, 0.2) is 59.5 Å². The highest BCUT2D eigenvalue weighted by Gasteiger charge is 2.16. The molecular weight excluding hydrogens is 336 g/mol. The van der Waals surface area contributed by atoms with Crippen molar-refractivity contribution in [1.29, 1.82) is 0 Å². The molecule has 0 aromatic heterocycles. The summed E-state index contributed by atoms with van der Waals surface area (Å²) in [5, 5.41) is 16.9. The van der Waals surface area contributed by atoms with Gasteiger partial charge in [0, 0.05) is 37.0 Å². The third-order valence-electron chi connectivity index (χ3n) is 4.24. The number of primary sulfonamides is 1. The van der Waals surface area contributed by atoms with Gasteiger partial charge in [-0.05, 0) is 23.3 Å². The Morgan fingerprint density at radius 2 is 1.64 bits per heavy atom. The van der Waals surface area contributed by atoms with Crippen LogP contribution in [-0.2, 0) is 16.4 Å². The van der Waals surface area contributed by atoms with E-state index in [1.54, 1.807) is 24.3 Å². The van der Waals surface area contributed by atoms with E-state index in [2.05, 4.69) is 0 Å². The average Bonchev–Trinajstić information content (AvgIpc) is 2.56. The highest BCUT2D eigenvalue weighted by Crippen LogP contribution is 2.34. The topological polar surface area (TPSA) is 83.6 Å². The number of phenolic OH excluding ortho intramolecular Hbond substituents is 1. The number of hydrogen-bond donors (Lipinski definition) is 2. The van der Waals surface area contributed by atoms with Crippen LogP contribution >= 0.6 is 0 Å². The lowest BCUT2D eigenvalue weighted by Crippen LogP contribution is -2.12. The van der Waals surface area contributed by atoms with Crippen LogP contribution in [0.2, 0.25) is 0 Å². The number of anilines is 1. The van der Waals surface area contributed by atoms with Crippen molar-refractivity contribution in [2.45, 2.75) is 11.3 Å². The van der Waals surface area contributed by atoms with E-state index in [1.165, 1.54) is 6.07 Å². The summed E-state index contributed by atoms with van der Waals surface area (Å²) in [7, 11) is 0.0858. The molecule has 3 rings (SSSR count). The smallest absolute Gasteiger partial charge is 0.238 e. The Hall–Kier alpha value is -2.57. The van der Waals surface area contributed by atoms with Gasteiger partial charge in [-0.2, -0.15) is 0 Å². The van der Waals surface area contributed by atoms with E-state index >= 15 is 0 Å². The molecule has 130 valence electrons. The molecule has 6 heteroatoms. The Kier molecular flexibility index (Phi) is 4.41. The molecule has 0 unspecified atom stereocenters. The Morgan fingerprint density at radius 1 is 0.920 bits per heavy atom. The second-order valence-corrected chi connectivity index (χ2v) is 7.70. The van der Waals surface area contributed by atoms with Crippen molar-refractivity contribution in [1.82, 2.24) is 0 Å². The van der Waals surface area contributed by atoms with E-state index in [9.17, 15) is 13.5 Å². The highest BCUT2D eigenvalue weighted by molar-refractivity contribution is 7.89. The van der Waals surface area contributed by atoms with Gasteiger partial charge in [0.2, 0.25) is 10.0 Å². The van der Waals surface area contributed by atoms with Gasteiger partial charge in [0.15, 0.2) is 0 Å². The monoisotopic (exact) mass is 356 g/mol. The normalized spacial score (nSPS) is 11.6. The summed E-state index contributed by atoms with van der Waals surface area (Å²) < 4.78 is 23.5. The van der Waals surface area contributed by atoms with E-state index in [-0.39, 0.29) is 10.6 Å². The number of nitrogens with two attached hydrogens (primary N) is 1. The molecule has 3 aromatic carbocycles. The first kappa shape index (κ1) is 17.3. The number of hydrogen-bond acceptors (Lipinski definition) is 4. The number of rotatable bonds is 4. The van der Waals surface area contributed by atoms with Gasteiger partial charge in [0.1, 0.15) is 5.75 Å². The van der Waals surface area contributed by atoms with Crippen LogP contribution in [0, 0.1) is 0 Å². The van der Waals surface area contributed by atoms with Crippen LogP contribution in [0.4, 0.5) is 5.69 Å². The van der Waals surface area contributed by atoms with Crippen LogP contribution in [0.5, 0.6) is 5.75 Å². The molecule has 25 heavy (non-hydrogen) atoms. The number of nitrogens with zero attached hydrogens (tertiary/aromatic N) is 1. The number of phenols is 1. The minimum Gasteiger partial charge on any atom is -0.507 e. The molecule has 5 nitrogen and oxygen atoms in total. The van der Waals surface area contributed by atoms with Gasteiger partial charge in [0.25, 0.3) is 0 Å². The number of aromatic hydroxyl groups is 1. The Bertz CT molecular complexity index is 1040. The maximum atomic E-state index is 11.7. The third kappa shape index (κ3) is 3.31. The second-order valence-electron chi connectivity index (χ2n) is 6.17. The van der Waals surface area contributed by atoms with Crippen LogP contribution in [0.3, 0.4) is 0 Å². The van der Waals surface area contributed by atoms with Crippen LogP contribution in [-0.4, -0.2) is 27.6 Å². The number of fused-ring (bicyclic) bond motifs is 1. The molecule has 0 amide bonds. The van der Waals surface area contributed by atoms with Gasteiger partial charge < -0.3 is 10.0 Å². The van der Waals surface area contributed by atoms with Gasteiger partial charge >= 0.3 is 0 Å². The molecule has 3 aromatic rings. The molecule has 0 bridgehead atoms. The SMILES string of the molecule is CN(C)c1ccccc1Cc1ccc2c(S(N)(=O)=O)cccc2c1O. The summed E-state index contributed by atoms with van der Waals surface area (Å²) in [6.07, 6.45) is 0.537. The molecule has 0 saturated heterocycles. The van der Waals surface area contributed by atoms with E-state index in [1.807, 2.05) is 43.3 Å². The number of sulfonamides is 1. The fourth-order valence-corrected chi connectivity index (χ4v) is 3.80. The Morgan fingerprint density at radius 3 is 2.32 bits per heavy atom. The molecule has 0 aliphatic heterocycles. The van der Waals surface area contributed by atoms with Gasteiger partial charge in [-0.15, -0.1) is 0 Å². The summed E-state index contributed by atoms with van der Waals surface area (Å²) >= 11 is 0. The van der Waals surface area contributed by atoms with Crippen molar-refractivity contribution in [2.24, 2.45) is 5.14 Å². The molecule has 0 aliphatic carbocycles. The lowest BCUT2D eigenvalue weighted by Gasteiger charge is -2.18. The maximum absolute atomic E-state index is 11.7. The second kappa shape index (κ2) is 6.38. The van der Waals surface area contributed by atoms with Crippen LogP contribution in [0.25, 0.3) is 10.8 Å². The first-order valence-electron chi connectivity index (χ1n) is 7.80. The summed E-state index contributed by atoms with van der Waals surface area (Å²) in [6, 6.07) is 16.1. The van der Waals surface area contributed by atoms with Crippen molar-refractivity contribution in [2.75, 3.05) is 19.0 Å². The summed E-state index contributed by atoms with van der Waals surface area (Å²) in [5.41, 5.74) is 2.87. The molecule has 3 N–H and O–H groups in total. The fraction of sp³-hybridized carbons (Fsp3) is 0.158. The van der Waals surface area contributed by atoms with E-state index in [4.69, 9.17) is 5.14 Å². The lowest BCUT2D eigenvalue weighted by atomic mass is 9.98. The largest absolute Gasteiger partial charge is 0.507 e. The molecule has 0 atom stereocenters. The Balaban J connectivity index is 2.13. The summed E-state index contributed by atoms with van der Waals surface area (Å²) in [6.45, 7) is 0. The predicted molar refractivity (Wildman–Crippen MR) is 101 cm³/mol. The van der Waals surface area contributed by atoms with E-state index < -0.39 is 10.0 Å². The minimum absolute atomic E-state index is 0.0144. The van der Waals surface area contributed by atoms with E-state index in [0.29, 0.717) is 17.2 Å².